The van der Waals surface area contributed by atoms with Gasteiger partial charge in [-0.3, -0.25) is 9.59 Å². The molecule has 0 radical (unpaired) electrons. The average molecular weight is 298 g/mol. The molecule has 1 aliphatic rings. The Labute approximate surface area is 128 Å². The highest BCUT2D eigenvalue weighted by atomic mass is 16.5. The molecule has 21 heavy (non-hydrogen) atoms. The zero-order valence-corrected chi connectivity index (χ0v) is 13.7. The second-order valence-corrected chi connectivity index (χ2v) is 5.70. The van der Waals surface area contributed by atoms with E-state index in [0.29, 0.717) is 13.2 Å². The fourth-order valence-electron chi connectivity index (χ4n) is 2.97. The molecule has 1 saturated carbocycles. The standard InChI is InChI=1S/C16H30N2O3/c1-4-18(5-2)16(20)14-9-7-13(8-10-14)15(19)17-11-6-12-21-3/h13-14H,4-12H2,1-3H3,(H,17,19). The van der Waals surface area contributed by atoms with Crippen molar-refractivity contribution in [3.63, 3.8) is 0 Å². The summed E-state index contributed by atoms with van der Waals surface area (Å²) in [6, 6.07) is 0. The minimum atomic E-state index is 0.0771. The summed E-state index contributed by atoms with van der Waals surface area (Å²) in [7, 11) is 1.66. The van der Waals surface area contributed by atoms with Crippen LogP contribution in [0, 0.1) is 11.8 Å². The van der Waals surface area contributed by atoms with Crippen LogP contribution in [-0.4, -0.2) is 50.1 Å². The third-order valence-corrected chi connectivity index (χ3v) is 4.35. The number of hydrogen-bond acceptors (Lipinski definition) is 3. The predicted octanol–water partition coefficient (Wildman–Crippen LogP) is 1.81. The van der Waals surface area contributed by atoms with E-state index in [1.165, 1.54) is 0 Å². The molecule has 0 atom stereocenters. The first-order valence-electron chi connectivity index (χ1n) is 8.19. The van der Waals surface area contributed by atoms with Crippen molar-refractivity contribution in [1.82, 2.24) is 10.2 Å². The fourth-order valence-corrected chi connectivity index (χ4v) is 2.97. The predicted molar refractivity (Wildman–Crippen MR) is 82.9 cm³/mol. The van der Waals surface area contributed by atoms with E-state index in [0.717, 1.165) is 45.2 Å². The van der Waals surface area contributed by atoms with Gasteiger partial charge in [-0.2, -0.15) is 0 Å². The van der Waals surface area contributed by atoms with Crippen molar-refractivity contribution in [1.29, 1.82) is 0 Å². The van der Waals surface area contributed by atoms with Crippen molar-refractivity contribution >= 4 is 11.8 Å². The minimum Gasteiger partial charge on any atom is -0.385 e. The summed E-state index contributed by atoms with van der Waals surface area (Å²) in [5.41, 5.74) is 0. The van der Waals surface area contributed by atoms with Crippen LogP contribution in [0.25, 0.3) is 0 Å². The molecule has 5 nitrogen and oxygen atoms in total. The van der Waals surface area contributed by atoms with Crippen LogP contribution in [0.4, 0.5) is 0 Å². The van der Waals surface area contributed by atoms with Crippen LogP contribution in [0.5, 0.6) is 0 Å². The van der Waals surface area contributed by atoms with E-state index in [1.807, 2.05) is 18.7 Å². The summed E-state index contributed by atoms with van der Waals surface area (Å²) in [6.45, 7) is 6.92. The molecule has 1 fully saturated rings. The first-order chi connectivity index (χ1) is 10.1. The summed E-state index contributed by atoms with van der Waals surface area (Å²) < 4.78 is 4.96. The number of methoxy groups -OCH3 is 1. The van der Waals surface area contributed by atoms with Crippen molar-refractivity contribution in [2.75, 3.05) is 33.4 Å². The highest BCUT2D eigenvalue weighted by Crippen LogP contribution is 2.30. The number of ether oxygens (including phenoxy) is 1. The van der Waals surface area contributed by atoms with Crippen molar-refractivity contribution in [2.24, 2.45) is 11.8 Å². The van der Waals surface area contributed by atoms with Gasteiger partial charge in [0.1, 0.15) is 0 Å². The zero-order valence-electron chi connectivity index (χ0n) is 13.7. The van der Waals surface area contributed by atoms with Crippen molar-refractivity contribution in [3.05, 3.63) is 0 Å². The molecule has 0 aromatic heterocycles. The minimum absolute atomic E-state index is 0.0771. The van der Waals surface area contributed by atoms with E-state index in [9.17, 15) is 9.59 Å². The molecular formula is C16H30N2O3. The van der Waals surface area contributed by atoms with Gasteiger partial charge in [0, 0.05) is 45.2 Å². The Kier molecular flexibility index (Phi) is 8.35. The molecule has 0 heterocycles. The summed E-state index contributed by atoms with van der Waals surface area (Å²) in [6.07, 6.45) is 4.18. The van der Waals surface area contributed by atoms with Gasteiger partial charge in [0.25, 0.3) is 0 Å². The maximum atomic E-state index is 12.3. The maximum absolute atomic E-state index is 12.3. The Morgan fingerprint density at radius 1 is 1.10 bits per heavy atom. The van der Waals surface area contributed by atoms with E-state index < -0.39 is 0 Å². The van der Waals surface area contributed by atoms with Crippen molar-refractivity contribution in [2.45, 2.75) is 46.0 Å². The lowest BCUT2D eigenvalue weighted by molar-refractivity contribution is -0.138. The number of rotatable bonds is 8. The molecule has 0 aliphatic heterocycles. The maximum Gasteiger partial charge on any atom is 0.225 e. The summed E-state index contributed by atoms with van der Waals surface area (Å²) in [5.74, 6) is 0.592. The van der Waals surface area contributed by atoms with Gasteiger partial charge < -0.3 is 15.0 Å². The van der Waals surface area contributed by atoms with Crippen LogP contribution in [0.15, 0.2) is 0 Å². The van der Waals surface area contributed by atoms with Crippen LogP contribution in [0.1, 0.15) is 46.0 Å². The topological polar surface area (TPSA) is 58.6 Å². The van der Waals surface area contributed by atoms with Crippen LogP contribution < -0.4 is 5.32 Å². The first kappa shape index (κ1) is 18.0. The van der Waals surface area contributed by atoms with Gasteiger partial charge in [0.15, 0.2) is 0 Å². The Morgan fingerprint density at radius 3 is 2.19 bits per heavy atom. The molecule has 5 heteroatoms. The quantitative estimate of drug-likeness (QED) is 0.695. The monoisotopic (exact) mass is 298 g/mol. The zero-order chi connectivity index (χ0) is 15.7. The molecule has 1 rings (SSSR count). The fraction of sp³-hybridized carbons (Fsp3) is 0.875. The number of hydrogen-bond donors (Lipinski definition) is 1. The number of amides is 2. The lowest BCUT2D eigenvalue weighted by atomic mass is 9.81. The third-order valence-electron chi connectivity index (χ3n) is 4.35. The lowest BCUT2D eigenvalue weighted by Gasteiger charge is -2.30. The van der Waals surface area contributed by atoms with Crippen molar-refractivity contribution in [3.8, 4) is 0 Å². The van der Waals surface area contributed by atoms with Crippen LogP contribution in [0.2, 0.25) is 0 Å². The van der Waals surface area contributed by atoms with E-state index >= 15 is 0 Å². The van der Waals surface area contributed by atoms with E-state index in [2.05, 4.69) is 5.32 Å². The molecule has 1 N–H and O–H groups in total. The van der Waals surface area contributed by atoms with Gasteiger partial charge in [-0.25, -0.2) is 0 Å². The SMILES string of the molecule is CCN(CC)C(=O)C1CCC(C(=O)NCCCOC)CC1. The first-order valence-corrected chi connectivity index (χ1v) is 8.19. The van der Waals surface area contributed by atoms with Crippen LogP contribution in [0.3, 0.4) is 0 Å². The molecular weight excluding hydrogens is 268 g/mol. The molecule has 0 bridgehead atoms. The summed E-state index contributed by atoms with van der Waals surface area (Å²) >= 11 is 0. The average Bonchev–Trinajstić information content (AvgIpc) is 2.52. The number of carbonyl (C=O) groups is 2. The highest BCUT2D eigenvalue weighted by molar-refractivity contribution is 5.81. The third kappa shape index (κ3) is 5.65. The number of nitrogens with one attached hydrogen (secondary N) is 1. The molecule has 0 spiro atoms. The lowest BCUT2D eigenvalue weighted by Crippen LogP contribution is -2.40. The Morgan fingerprint density at radius 2 is 1.67 bits per heavy atom. The van der Waals surface area contributed by atoms with E-state index in [4.69, 9.17) is 4.74 Å². The molecule has 122 valence electrons. The number of carbonyl (C=O) groups excluding carboxylic acids is 2. The van der Waals surface area contributed by atoms with Gasteiger partial charge >= 0.3 is 0 Å². The van der Waals surface area contributed by atoms with Gasteiger partial charge in [0.05, 0.1) is 0 Å². The van der Waals surface area contributed by atoms with Gasteiger partial charge in [-0.05, 0) is 46.0 Å². The molecule has 0 aromatic rings. The van der Waals surface area contributed by atoms with E-state index in [1.54, 1.807) is 7.11 Å². The van der Waals surface area contributed by atoms with Crippen LogP contribution in [-0.2, 0) is 14.3 Å². The smallest absolute Gasteiger partial charge is 0.225 e. The van der Waals surface area contributed by atoms with Gasteiger partial charge in [-0.1, -0.05) is 0 Å². The number of nitrogens with zero attached hydrogens (tertiary/aromatic N) is 1. The molecule has 0 saturated heterocycles. The second kappa shape index (κ2) is 9.77. The van der Waals surface area contributed by atoms with E-state index in [-0.39, 0.29) is 23.7 Å². The largest absolute Gasteiger partial charge is 0.385 e. The Hall–Kier alpha value is -1.10. The normalized spacial score (nSPS) is 21.9. The van der Waals surface area contributed by atoms with Crippen LogP contribution >= 0.6 is 0 Å². The molecule has 2 amide bonds. The Balaban J connectivity index is 2.31. The summed E-state index contributed by atoms with van der Waals surface area (Å²) in [5, 5.41) is 2.96. The van der Waals surface area contributed by atoms with Gasteiger partial charge in [0.2, 0.25) is 11.8 Å². The molecule has 1 aliphatic carbocycles. The highest BCUT2D eigenvalue weighted by Gasteiger charge is 2.31. The Bertz CT molecular complexity index is 321. The molecule has 0 unspecified atom stereocenters. The second-order valence-electron chi connectivity index (χ2n) is 5.70. The molecule has 0 aromatic carbocycles. The summed E-state index contributed by atoms with van der Waals surface area (Å²) in [4.78, 5) is 26.2. The van der Waals surface area contributed by atoms with Crippen molar-refractivity contribution < 1.29 is 14.3 Å². The van der Waals surface area contributed by atoms with Gasteiger partial charge in [-0.15, -0.1) is 0 Å².